The van der Waals surface area contributed by atoms with Gasteiger partial charge >= 0.3 is 0 Å². The number of benzene rings is 1. The highest BCUT2D eigenvalue weighted by Gasteiger charge is 2.09. The number of nitrogens with one attached hydrogen (secondary N) is 1. The van der Waals surface area contributed by atoms with E-state index in [0.29, 0.717) is 23.5 Å². The number of carbonyl (C=O) groups excluding carboxylic acids is 1. The third-order valence-electron chi connectivity index (χ3n) is 2.56. The molecule has 1 aromatic carbocycles. The Morgan fingerprint density at radius 3 is 2.83 bits per heavy atom. The predicted octanol–water partition coefficient (Wildman–Crippen LogP) is 2.15. The van der Waals surface area contributed by atoms with Gasteiger partial charge in [-0.25, -0.2) is 0 Å². The molecule has 0 radical (unpaired) electrons. The summed E-state index contributed by atoms with van der Waals surface area (Å²) in [4.78, 5) is 11.9. The molecule has 4 nitrogen and oxygen atoms in total. The largest absolute Gasteiger partial charge is 0.497 e. The van der Waals surface area contributed by atoms with Crippen molar-refractivity contribution < 1.29 is 9.53 Å². The van der Waals surface area contributed by atoms with E-state index >= 15 is 0 Å². The molecule has 0 aliphatic carbocycles. The quantitative estimate of drug-likeness (QED) is 0.587. The molecule has 0 atom stereocenters. The van der Waals surface area contributed by atoms with Gasteiger partial charge in [0.05, 0.1) is 12.7 Å². The van der Waals surface area contributed by atoms with Gasteiger partial charge < -0.3 is 15.8 Å². The van der Waals surface area contributed by atoms with Crippen LogP contribution in [0.3, 0.4) is 0 Å². The lowest BCUT2D eigenvalue weighted by molar-refractivity contribution is 0.0954. The molecule has 0 heterocycles. The number of unbranched alkanes of at least 4 members (excludes halogenated alkanes) is 1. The Bertz CT molecular complexity index is 397. The fraction of sp³-hybridized carbons (Fsp3) is 0.462. The molecule has 0 bridgehead atoms. The van der Waals surface area contributed by atoms with Gasteiger partial charge in [-0.15, -0.1) is 0 Å². The molecular weight excluding hydrogens is 248 g/mol. The van der Waals surface area contributed by atoms with Gasteiger partial charge in [-0.1, -0.05) is 0 Å². The monoisotopic (exact) mass is 268 g/mol. The molecule has 0 aliphatic rings. The van der Waals surface area contributed by atoms with Crippen molar-refractivity contribution in [1.82, 2.24) is 5.32 Å². The minimum absolute atomic E-state index is 0.126. The molecule has 5 heteroatoms. The van der Waals surface area contributed by atoms with E-state index in [0.717, 1.165) is 18.6 Å². The van der Waals surface area contributed by atoms with Crippen LogP contribution < -0.4 is 15.8 Å². The van der Waals surface area contributed by atoms with E-state index in [4.69, 9.17) is 10.5 Å². The number of nitrogens with two attached hydrogens (primary N) is 1. The average molecular weight is 268 g/mol. The van der Waals surface area contributed by atoms with E-state index in [9.17, 15) is 4.79 Å². The number of hydrogen-bond acceptors (Lipinski definition) is 4. The van der Waals surface area contributed by atoms with Crippen LogP contribution in [0.15, 0.2) is 18.2 Å². The Morgan fingerprint density at radius 1 is 1.44 bits per heavy atom. The zero-order chi connectivity index (χ0) is 13.4. The highest BCUT2D eigenvalue weighted by molar-refractivity contribution is 7.98. The minimum atomic E-state index is -0.126. The molecule has 1 aromatic rings. The second-order valence-corrected chi connectivity index (χ2v) is 4.89. The molecule has 0 saturated heterocycles. The van der Waals surface area contributed by atoms with Crippen molar-refractivity contribution in [3.8, 4) is 5.75 Å². The molecule has 18 heavy (non-hydrogen) atoms. The molecular formula is C13H20N2O2S. The Hall–Kier alpha value is -1.36. The average Bonchev–Trinajstić information content (AvgIpc) is 2.38. The highest BCUT2D eigenvalue weighted by Crippen LogP contribution is 2.19. The van der Waals surface area contributed by atoms with Gasteiger partial charge in [0.15, 0.2) is 0 Å². The second-order valence-electron chi connectivity index (χ2n) is 3.91. The lowest BCUT2D eigenvalue weighted by Gasteiger charge is -2.08. The number of ether oxygens (including phenoxy) is 1. The summed E-state index contributed by atoms with van der Waals surface area (Å²) >= 11 is 1.82. The summed E-state index contributed by atoms with van der Waals surface area (Å²) in [7, 11) is 1.57. The summed E-state index contributed by atoms with van der Waals surface area (Å²) in [6.45, 7) is 0.685. The van der Waals surface area contributed by atoms with Crippen LogP contribution in [-0.2, 0) is 0 Å². The van der Waals surface area contributed by atoms with Crippen LogP contribution in [0.4, 0.5) is 5.69 Å². The molecule has 3 N–H and O–H groups in total. The van der Waals surface area contributed by atoms with Crippen molar-refractivity contribution in [3.63, 3.8) is 0 Å². The smallest absolute Gasteiger partial charge is 0.253 e. The molecule has 0 spiro atoms. The molecule has 0 saturated carbocycles. The second kappa shape index (κ2) is 7.87. The van der Waals surface area contributed by atoms with E-state index in [2.05, 4.69) is 11.6 Å². The lowest BCUT2D eigenvalue weighted by Crippen LogP contribution is -2.25. The Kier molecular flexibility index (Phi) is 6.43. The van der Waals surface area contributed by atoms with E-state index in [1.54, 1.807) is 25.3 Å². The lowest BCUT2D eigenvalue weighted by atomic mass is 10.1. The number of hydrogen-bond donors (Lipinski definition) is 2. The molecule has 1 amide bonds. The van der Waals surface area contributed by atoms with Gasteiger partial charge in [0.1, 0.15) is 5.75 Å². The molecule has 1 rings (SSSR count). The third kappa shape index (κ3) is 4.49. The third-order valence-corrected chi connectivity index (χ3v) is 3.26. The first-order valence-corrected chi connectivity index (χ1v) is 7.29. The number of methoxy groups -OCH3 is 1. The summed E-state index contributed by atoms with van der Waals surface area (Å²) in [5.74, 6) is 1.66. The Balaban J connectivity index is 2.46. The summed E-state index contributed by atoms with van der Waals surface area (Å²) in [5, 5.41) is 2.87. The molecule has 0 unspecified atom stereocenters. The van der Waals surface area contributed by atoms with Crippen molar-refractivity contribution in [2.24, 2.45) is 0 Å². The Morgan fingerprint density at radius 2 is 2.22 bits per heavy atom. The number of carbonyl (C=O) groups is 1. The van der Waals surface area contributed by atoms with Gasteiger partial charge in [0.25, 0.3) is 5.91 Å². The molecule has 100 valence electrons. The van der Waals surface area contributed by atoms with E-state index in [-0.39, 0.29) is 5.91 Å². The van der Waals surface area contributed by atoms with E-state index < -0.39 is 0 Å². The van der Waals surface area contributed by atoms with Gasteiger partial charge in [-0.3, -0.25) is 4.79 Å². The van der Waals surface area contributed by atoms with Gasteiger partial charge in [-0.2, -0.15) is 11.8 Å². The van der Waals surface area contributed by atoms with Crippen molar-refractivity contribution >= 4 is 23.4 Å². The maximum absolute atomic E-state index is 11.9. The fourth-order valence-corrected chi connectivity index (χ4v) is 2.04. The van der Waals surface area contributed by atoms with Crippen LogP contribution in [0.25, 0.3) is 0 Å². The molecule has 0 aromatic heterocycles. The van der Waals surface area contributed by atoms with Crippen LogP contribution in [0.5, 0.6) is 5.75 Å². The fourth-order valence-electron chi connectivity index (χ4n) is 1.54. The van der Waals surface area contributed by atoms with Gasteiger partial charge in [0, 0.05) is 18.3 Å². The normalized spacial score (nSPS) is 10.1. The van der Waals surface area contributed by atoms with Crippen LogP contribution in [0, 0.1) is 0 Å². The minimum Gasteiger partial charge on any atom is -0.497 e. The van der Waals surface area contributed by atoms with Gasteiger partial charge in [0.2, 0.25) is 0 Å². The number of nitrogen functional groups attached to an aromatic ring is 1. The van der Waals surface area contributed by atoms with Crippen LogP contribution in [0.2, 0.25) is 0 Å². The maximum atomic E-state index is 11.9. The summed E-state index contributed by atoms with van der Waals surface area (Å²) < 4.78 is 5.04. The SMILES string of the molecule is COc1ccc(C(=O)NCCCCSC)c(N)c1. The molecule has 0 aliphatic heterocycles. The van der Waals surface area contributed by atoms with E-state index in [1.165, 1.54) is 0 Å². The number of thioether (sulfide) groups is 1. The van der Waals surface area contributed by atoms with Crippen molar-refractivity contribution in [2.45, 2.75) is 12.8 Å². The molecule has 0 fully saturated rings. The van der Waals surface area contributed by atoms with Crippen LogP contribution >= 0.6 is 11.8 Å². The first-order valence-electron chi connectivity index (χ1n) is 5.89. The number of rotatable bonds is 7. The number of anilines is 1. The first-order chi connectivity index (χ1) is 8.69. The Labute approximate surface area is 112 Å². The topological polar surface area (TPSA) is 64.3 Å². The predicted molar refractivity (Wildman–Crippen MR) is 77.4 cm³/mol. The summed E-state index contributed by atoms with van der Waals surface area (Å²) in [6, 6.07) is 5.08. The van der Waals surface area contributed by atoms with Crippen LogP contribution in [0.1, 0.15) is 23.2 Å². The summed E-state index contributed by atoms with van der Waals surface area (Å²) in [5.41, 5.74) is 6.75. The van der Waals surface area contributed by atoms with Gasteiger partial charge in [-0.05, 0) is 37.0 Å². The van der Waals surface area contributed by atoms with E-state index in [1.807, 2.05) is 11.8 Å². The maximum Gasteiger partial charge on any atom is 0.253 e. The standard InChI is InChI=1S/C13H20N2O2S/c1-17-10-5-6-11(12(14)9-10)13(16)15-7-3-4-8-18-2/h5-6,9H,3-4,7-8,14H2,1-2H3,(H,15,16). The van der Waals surface area contributed by atoms with Crippen molar-refractivity contribution in [3.05, 3.63) is 23.8 Å². The van der Waals surface area contributed by atoms with Crippen molar-refractivity contribution in [2.75, 3.05) is 31.4 Å². The highest BCUT2D eigenvalue weighted by atomic mass is 32.2. The number of amides is 1. The van der Waals surface area contributed by atoms with Crippen molar-refractivity contribution in [1.29, 1.82) is 0 Å². The first kappa shape index (κ1) is 14.7. The summed E-state index contributed by atoms with van der Waals surface area (Å²) in [6.07, 6.45) is 4.18. The van der Waals surface area contributed by atoms with Crippen LogP contribution in [-0.4, -0.2) is 31.6 Å². The zero-order valence-electron chi connectivity index (χ0n) is 10.9. The zero-order valence-corrected chi connectivity index (χ0v) is 11.7.